The smallest absolute Gasteiger partial charge is 0.255 e. The van der Waals surface area contributed by atoms with E-state index in [9.17, 15) is 4.79 Å². The van der Waals surface area contributed by atoms with Crippen LogP contribution >= 0.6 is 0 Å². The van der Waals surface area contributed by atoms with Gasteiger partial charge in [0.2, 0.25) is 0 Å². The molecule has 1 amide bonds. The highest BCUT2D eigenvalue weighted by Crippen LogP contribution is 2.34. The van der Waals surface area contributed by atoms with Crippen molar-refractivity contribution in [3.8, 4) is 23.0 Å². The molecule has 0 aliphatic rings. The van der Waals surface area contributed by atoms with Crippen LogP contribution in [0.4, 0.5) is 0 Å². The molecule has 0 spiro atoms. The fourth-order valence-electron chi connectivity index (χ4n) is 2.41. The summed E-state index contributed by atoms with van der Waals surface area (Å²) in [5.41, 5.74) is 1.51. The molecule has 2 rings (SSSR count). The summed E-state index contributed by atoms with van der Waals surface area (Å²) in [7, 11) is 6.20. The summed E-state index contributed by atoms with van der Waals surface area (Å²) in [6, 6.07) is 11.0. The Labute approximate surface area is 147 Å². The lowest BCUT2D eigenvalue weighted by Crippen LogP contribution is -2.26. The van der Waals surface area contributed by atoms with Gasteiger partial charge in [-0.2, -0.15) is 0 Å². The lowest BCUT2D eigenvalue weighted by Gasteiger charge is -2.14. The van der Waals surface area contributed by atoms with Crippen LogP contribution in [0, 0.1) is 0 Å². The van der Waals surface area contributed by atoms with Gasteiger partial charge in [-0.25, -0.2) is 0 Å². The predicted octanol–water partition coefficient (Wildman–Crippen LogP) is 2.69. The van der Waals surface area contributed by atoms with Gasteiger partial charge in [0, 0.05) is 18.7 Å². The number of rotatable bonds is 8. The Morgan fingerprint density at radius 3 is 2.00 bits per heavy atom. The first-order chi connectivity index (χ1) is 12.1. The molecule has 0 aromatic heterocycles. The zero-order valence-electron chi connectivity index (χ0n) is 14.9. The molecule has 0 aliphatic carbocycles. The minimum absolute atomic E-state index is 0.230. The number of amides is 1. The molecule has 6 heteroatoms. The van der Waals surface area contributed by atoms with Crippen LogP contribution in [0.2, 0.25) is 0 Å². The maximum Gasteiger partial charge on any atom is 0.255 e. The standard InChI is InChI=1S/C19H23NO5/c1-22-14-7-5-13(6-8-14)9-10-20-19(21)15-11-17(24-3)18(25-4)12-16(15)23-2/h5-8,11-12H,9-10H2,1-4H3,(H,20,21). The van der Waals surface area contributed by atoms with Gasteiger partial charge < -0.3 is 24.3 Å². The number of methoxy groups -OCH3 is 4. The van der Waals surface area contributed by atoms with E-state index in [-0.39, 0.29) is 5.91 Å². The first-order valence-electron chi connectivity index (χ1n) is 7.84. The van der Waals surface area contributed by atoms with Crippen molar-refractivity contribution in [3.05, 3.63) is 47.5 Å². The quantitative estimate of drug-likeness (QED) is 0.797. The number of hydrogen-bond donors (Lipinski definition) is 1. The average Bonchev–Trinajstić information content (AvgIpc) is 2.67. The molecule has 6 nitrogen and oxygen atoms in total. The summed E-state index contributed by atoms with van der Waals surface area (Å²) in [4.78, 5) is 12.5. The number of carbonyl (C=O) groups excluding carboxylic acids is 1. The molecule has 25 heavy (non-hydrogen) atoms. The topological polar surface area (TPSA) is 66.0 Å². The third-order valence-electron chi connectivity index (χ3n) is 3.81. The van der Waals surface area contributed by atoms with Crippen molar-refractivity contribution in [1.82, 2.24) is 5.32 Å². The molecule has 1 N–H and O–H groups in total. The predicted molar refractivity (Wildman–Crippen MR) is 95.1 cm³/mol. The van der Waals surface area contributed by atoms with Crippen molar-refractivity contribution >= 4 is 5.91 Å². The van der Waals surface area contributed by atoms with Crippen molar-refractivity contribution in [1.29, 1.82) is 0 Å². The van der Waals surface area contributed by atoms with E-state index >= 15 is 0 Å². The largest absolute Gasteiger partial charge is 0.497 e. The minimum atomic E-state index is -0.230. The van der Waals surface area contributed by atoms with E-state index in [0.29, 0.717) is 35.8 Å². The first-order valence-corrected chi connectivity index (χ1v) is 7.84. The normalized spacial score (nSPS) is 10.1. The molecule has 134 valence electrons. The van der Waals surface area contributed by atoms with E-state index in [0.717, 1.165) is 11.3 Å². The lowest BCUT2D eigenvalue weighted by atomic mass is 10.1. The van der Waals surface area contributed by atoms with Crippen LogP contribution in [0.1, 0.15) is 15.9 Å². The van der Waals surface area contributed by atoms with Gasteiger partial charge in [-0.1, -0.05) is 12.1 Å². The van der Waals surface area contributed by atoms with Crippen LogP contribution in [0.15, 0.2) is 36.4 Å². The Morgan fingerprint density at radius 1 is 0.840 bits per heavy atom. The highest BCUT2D eigenvalue weighted by molar-refractivity contribution is 5.97. The van der Waals surface area contributed by atoms with Gasteiger partial charge in [0.1, 0.15) is 11.5 Å². The van der Waals surface area contributed by atoms with Crippen LogP contribution in [-0.4, -0.2) is 40.9 Å². The summed E-state index contributed by atoms with van der Waals surface area (Å²) < 4.78 is 20.9. The van der Waals surface area contributed by atoms with E-state index in [2.05, 4.69) is 5.32 Å². The van der Waals surface area contributed by atoms with Crippen molar-refractivity contribution in [2.45, 2.75) is 6.42 Å². The maximum absolute atomic E-state index is 12.5. The Bertz CT molecular complexity index is 712. The van der Waals surface area contributed by atoms with Crippen LogP contribution in [0.3, 0.4) is 0 Å². The summed E-state index contributed by atoms with van der Waals surface area (Å²) >= 11 is 0. The summed E-state index contributed by atoms with van der Waals surface area (Å²) in [5, 5.41) is 2.89. The molecule has 0 radical (unpaired) electrons. The molecular formula is C19H23NO5. The van der Waals surface area contributed by atoms with E-state index in [1.807, 2.05) is 24.3 Å². The van der Waals surface area contributed by atoms with Crippen molar-refractivity contribution < 1.29 is 23.7 Å². The molecular weight excluding hydrogens is 322 g/mol. The molecule has 2 aromatic carbocycles. The van der Waals surface area contributed by atoms with Gasteiger partial charge in [-0.3, -0.25) is 4.79 Å². The Hall–Kier alpha value is -2.89. The zero-order valence-corrected chi connectivity index (χ0v) is 14.9. The average molecular weight is 345 g/mol. The van der Waals surface area contributed by atoms with Crippen LogP contribution in [-0.2, 0) is 6.42 Å². The van der Waals surface area contributed by atoms with E-state index in [4.69, 9.17) is 18.9 Å². The summed E-state index contributed by atoms with van der Waals surface area (Å²) in [6.07, 6.45) is 0.714. The molecule has 0 bridgehead atoms. The number of carbonyl (C=O) groups is 1. The number of benzene rings is 2. The van der Waals surface area contributed by atoms with E-state index in [1.54, 1.807) is 19.2 Å². The second-order valence-corrected chi connectivity index (χ2v) is 5.26. The molecule has 0 saturated heterocycles. The Balaban J connectivity index is 2.04. The highest BCUT2D eigenvalue weighted by atomic mass is 16.5. The Morgan fingerprint density at radius 2 is 1.44 bits per heavy atom. The van der Waals surface area contributed by atoms with Crippen molar-refractivity contribution in [2.24, 2.45) is 0 Å². The monoisotopic (exact) mass is 345 g/mol. The second-order valence-electron chi connectivity index (χ2n) is 5.26. The molecule has 0 saturated carbocycles. The number of hydrogen-bond acceptors (Lipinski definition) is 5. The fourth-order valence-corrected chi connectivity index (χ4v) is 2.41. The third-order valence-corrected chi connectivity index (χ3v) is 3.81. The van der Waals surface area contributed by atoms with Gasteiger partial charge in [0.15, 0.2) is 11.5 Å². The number of ether oxygens (including phenoxy) is 4. The van der Waals surface area contributed by atoms with Gasteiger partial charge in [0.05, 0.1) is 34.0 Å². The Kier molecular flexibility index (Phi) is 6.51. The lowest BCUT2D eigenvalue weighted by molar-refractivity contribution is 0.0950. The molecule has 0 unspecified atom stereocenters. The molecule has 0 fully saturated rings. The van der Waals surface area contributed by atoms with Gasteiger partial charge in [-0.15, -0.1) is 0 Å². The molecule has 0 atom stereocenters. The first kappa shape index (κ1) is 18.4. The van der Waals surface area contributed by atoms with E-state index in [1.165, 1.54) is 21.3 Å². The molecule has 0 aliphatic heterocycles. The van der Waals surface area contributed by atoms with Crippen LogP contribution < -0.4 is 24.3 Å². The van der Waals surface area contributed by atoms with Gasteiger partial charge in [0.25, 0.3) is 5.91 Å². The third kappa shape index (κ3) is 4.56. The SMILES string of the molecule is COc1ccc(CCNC(=O)c2cc(OC)c(OC)cc2OC)cc1. The summed E-state index contributed by atoms with van der Waals surface area (Å²) in [5.74, 6) is 1.99. The maximum atomic E-state index is 12.5. The second kappa shape index (κ2) is 8.82. The van der Waals surface area contributed by atoms with E-state index < -0.39 is 0 Å². The van der Waals surface area contributed by atoms with Gasteiger partial charge in [-0.05, 0) is 24.1 Å². The highest BCUT2D eigenvalue weighted by Gasteiger charge is 2.17. The zero-order chi connectivity index (χ0) is 18.2. The van der Waals surface area contributed by atoms with Crippen molar-refractivity contribution in [2.75, 3.05) is 35.0 Å². The van der Waals surface area contributed by atoms with Crippen LogP contribution in [0.5, 0.6) is 23.0 Å². The minimum Gasteiger partial charge on any atom is -0.497 e. The fraction of sp³-hybridized carbons (Fsp3) is 0.316. The number of nitrogens with one attached hydrogen (secondary N) is 1. The summed E-state index contributed by atoms with van der Waals surface area (Å²) in [6.45, 7) is 0.503. The molecule has 2 aromatic rings. The van der Waals surface area contributed by atoms with Crippen LogP contribution in [0.25, 0.3) is 0 Å². The van der Waals surface area contributed by atoms with Crippen molar-refractivity contribution in [3.63, 3.8) is 0 Å². The van der Waals surface area contributed by atoms with Gasteiger partial charge >= 0.3 is 0 Å². The molecule has 0 heterocycles.